The molecule has 1 atom stereocenters. The van der Waals surface area contributed by atoms with Crippen molar-refractivity contribution in [3.8, 4) is 0 Å². The Bertz CT molecular complexity index is 220. The molecule has 2 N–H and O–H groups in total. The van der Waals surface area contributed by atoms with Gasteiger partial charge in [-0.1, -0.05) is 13.8 Å². The molecule has 12 heavy (non-hydrogen) atoms. The van der Waals surface area contributed by atoms with Crippen molar-refractivity contribution in [3.63, 3.8) is 0 Å². The first-order valence-electron chi connectivity index (χ1n) is 4.23. The molecular formula is C9H15N3. The molecule has 0 radical (unpaired) electrons. The fraction of sp³-hybridized carbons (Fsp3) is 0.556. The number of aromatic nitrogens is 2. The predicted octanol–water partition coefficient (Wildman–Crippen LogP) is 1.52. The minimum absolute atomic E-state index is 0.0266. The maximum atomic E-state index is 5.89. The maximum Gasteiger partial charge on any atom is 0.0798 e. The van der Waals surface area contributed by atoms with E-state index in [4.69, 9.17) is 5.73 Å². The summed E-state index contributed by atoms with van der Waals surface area (Å²) in [5, 5.41) is 7.74. The molecule has 0 bridgehead atoms. The molecule has 3 nitrogen and oxygen atoms in total. The smallest absolute Gasteiger partial charge is 0.0798 e. The lowest BCUT2D eigenvalue weighted by Crippen LogP contribution is -2.14. The van der Waals surface area contributed by atoms with Gasteiger partial charge in [0.2, 0.25) is 0 Å². The molecular weight excluding hydrogens is 150 g/mol. The molecule has 0 unspecified atom stereocenters. The molecule has 0 saturated heterocycles. The molecule has 0 fully saturated rings. The Morgan fingerprint density at radius 1 is 1.50 bits per heavy atom. The van der Waals surface area contributed by atoms with Crippen molar-refractivity contribution in [1.82, 2.24) is 10.2 Å². The lowest BCUT2D eigenvalue weighted by molar-refractivity contribution is 0.499. The largest absolute Gasteiger partial charge is 0.323 e. The standard InChI is InChI=1S/C9H15N3/c1-7(2)6-8(10)9-4-3-5-11-12-9/h3-5,7-8H,6,10H2,1-2H3/t8-/m1/s1. The molecule has 1 rings (SSSR count). The third-order valence-electron chi connectivity index (χ3n) is 1.70. The summed E-state index contributed by atoms with van der Waals surface area (Å²) < 4.78 is 0. The van der Waals surface area contributed by atoms with E-state index < -0.39 is 0 Å². The van der Waals surface area contributed by atoms with Crippen LogP contribution in [0.4, 0.5) is 0 Å². The average molecular weight is 165 g/mol. The van der Waals surface area contributed by atoms with E-state index in [-0.39, 0.29) is 6.04 Å². The van der Waals surface area contributed by atoms with Gasteiger partial charge in [0.05, 0.1) is 5.69 Å². The zero-order valence-electron chi connectivity index (χ0n) is 7.57. The summed E-state index contributed by atoms with van der Waals surface area (Å²) in [5.41, 5.74) is 6.77. The molecule has 1 aromatic heterocycles. The van der Waals surface area contributed by atoms with E-state index in [0.717, 1.165) is 12.1 Å². The van der Waals surface area contributed by atoms with Crippen molar-refractivity contribution in [1.29, 1.82) is 0 Å². The first-order chi connectivity index (χ1) is 5.70. The molecule has 3 heteroatoms. The minimum atomic E-state index is 0.0266. The van der Waals surface area contributed by atoms with Gasteiger partial charge in [0.1, 0.15) is 0 Å². The molecule has 0 aromatic carbocycles. The third kappa shape index (κ3) is 2.58. The van der Waals surface area contributed by atoms with Gasteiger partial charge in [-0.15, -0.1) is 0 Å². The quantitative estimate of drug-likeness (QED) is 0.738. The van der Waals surface area contributed by atoms with Crippen molar-refractivity contribution in [2.24, 2.45) is 11.7 Å². The van der Waals surface area contributed by atoms with Crippen LogP contribution in [0.25, 0.3) is 0 Å². The fourth-order valence-corrected chi connectivity index (χ4v) is 1.14. The Morgan fingerprint density at radius 2 is 2.25 bits per heavy atom. The molecule has 0 spiro atoms. The van der Waals surface area contributed by atoms with Crippen LogP contribution in [0.15, 0.2) is 18.3 Å². The van der Waals surface area contributed by atoms with Gasteiger partial charge in [0.25, 0.3) is 0 Å². The zero-order chi connectivity index (χ0) is 8.97. The van der Waals surface area contributed by atoms with Crippen LogP contribution in [0.3, 0.4) is 0 Å². The van der Waals surface area contributed by atoms with Crippen LogP contribution in [0.5, 0.6) is 0 Å². The van der Waals surface area contributed by atoms with Gasteiger partial charge in [-0.25, -0.2) is 0 Å². The lowest BCUT2D eigenvalue weighted by Gasteiger charge is -2.11. The molecule has 0 aliphatic rings. The average Bonchev–Trinajstić information content (AvgIpc) is 2.05. The number of nitrogens with zero attached hydrogens (tertiary/aromatic N) is 2. The Kier molecular flexibility index (Phi) is 3.17. The van der Waals surface area contributed by atoms with Crippen LogP contribution in [-0.4, -0.2) is 10.2 Å². The van der Waals surface area contributed by atoms with Crippen molar-refractivity contribution in [2.45, 2.75) is 26.3 Å². The van der Waals surface area contributed by atoms with Gasteiger partial charge in [0.15, 0.2) is 0 Å². The second-order valence-corrected chi connectivity index (χ2v) is 3.38. The van der Waals surface area contributed by atoms with Gasteiger partial charge < -0.3 is 5.73 Å². The van der Waals surface area contributed by atoms with Crippen LogP contribution in [-0.2, 0) is 0 Å². The zero-order valence-corrected chi connectivity index (χ0v) is 7.57. The number of rotatable bonds is 3. The van der Waals surface area contributed by atoms with Gasteiger partial charge in [-0.2, -0.15) is 10.2 Å². The third-order valence-corrected chi connectivity index (χ3v) is 1.70. The topological polar surface area (TPSA) is 51.8 Å². The number of hydrogen-bond donors (Lipinski definition) is 1. The van der Waals surface area contributed by atoms with Crippen LogP contribution < -0.4 is 5.73 Å². The lowest BCUT2D eigenvalue weighted by atomic mass is 10.0. The first kappa shape index (κ1) is 9.13. The predicted molar refractivity (Wildman–Crippen MR) is 48.4 cm³/mol. The molecule has 1 aromatic rings. The minimum Gasteiger partial charge on any atom is -0.323 e. The maximum absolute atomic E-state index is 5.89. The normalized spacial score (nSPS) is 13.3. The molecule has 0 aliphatic heterocycles. The second kappa shape index (κ2) is 4.16. The highest BCUT2D eigenvalue weighted by molar-refractivity contribution is 5.04. The summed E-state index contributed by atoms with van der Waals surface area (Å²) in [6.07, 6.45) is 2.62. The van der Waals surface area contributed by atoms with E-state index in [1.165, 1.54) is 0 Å². The highest BCUT2D eigenvalue weighted by Crippen LogP contribution is 2.15. The summed E-state index contributed by atoms with van der Waals surface area (Å²) in [5.74, 6) is 0.599. The highest BCUT2D eigenvalue weighted by atomic mass is 15.1. The summed E-state index contributed by atoms with van der Waals surface area (Å²) in [4.78, 5) is 0. The Morgan fingerprint density at radius 3 is 2.75 bits per heavy atom. The summed E-state index contributed by atoms with van der Waals surface area (Å²) in [6.45, 7) is 4.30. The van der Waals surface area contributed by atoms with Crippen LogP contribution in [0.1, 0.15) is 32.0 Å². The van der Waals surface area contributed by atoms with E-state index in [0.29, 0.717) is 5.92 Å². The van der Waals surface area contributed by atoms with Crippen molar-refractivity contribution >= 4 is 0 Å². The Balaban J connectivity index is 2.59. The Labute approximate surface area is 73.0 Å². The fourth-order valence-electron chi connectivity index (χ4n) is 1.14. The van der Waals surface area contributed by atoms with Crippen LogP contribution in [0, 0.1) is 5.92 Å². The molecule has 1 heterocycles. The van der Waals surface area contributed by atoms with E-state index in [9.17, 15) is 0 Å². The molecule has 0 saturated carbocycles. The monoisotopic (exact) mass is 165 g/mol. The molecule has 0 amide bonds. The Hall–Kier alpha value is -0.960. The van der Waals surface area contributed by atoms with E-state index in [2.05, 4.69) is 24.0 Å². The summed E-state index contributed by atoms with van der Waals surface area (Å²) >= 11 is 0. The van der Waals surface area contributed by atoms with Crippen LogP contribution in [0.2, 0.25) is 0 Å². The number of nitrogens with two attached hydrogens (primary N) is 1. The van der Waals surface area contributed by atoms with Crippen molar-refractivity contribution < 1.29 is 0 Å². The highest BCUT2D eigenvalue weighted by Gasteiger charge is 2.08. The van der Waals surface area contributed by atoms with Gasteiger partial charge in [0, 0.05) is 12.2 Å². The van der Waals surface area contributed by atoms with Gasteiger partial charge in [-0.05, 0) is 24.5 Å². The van der Waals surface area contributed by atoms with E-state index >= 15 is 0 Å². The SMILES string of the molecule is CC(C)C[C@@H](N)c1cccnn1. The first-order valence-corrected chi connectivity index (χ1v) is 4.23. The van der Waals surface area contributed by atoms with Crippen LogP contribution >= 0.6 is 0 Å². The summed E-state index contributed by atoms with van der Waals surface area (Å²) in [7, 11) is 0. The van der Waals surface area contributed by atoms with Crippen molar-refractivity contribution in [2.75, 3.05) is 0 Å². The van der Waals surface area contributed by atoms with Crippen molar-refractivity contribution in [3.05, 3.63) is 24.0 Å². The van der Waals surface area contributed by atoms with Gasteiger partial charge in [-0.3, -0.25) is 0 Å². The van der Waals surface area contributed by atoms with Gasteiger partial charge >= 0.3 is 0 Å². The van der Waals surface area contributed by atoms with E-state index in [1.807, 2.05) is 12.1 Å². The molecule has 0 aliphatic carbocycles. The molecule has 66 valence electrons. The second-order valence-electron chi connectivity index (χ2n) is 3.38. The summed E-state index contributed by atoms with van der Waals surface area (Å²) in [6, 6.07) is 3.81. The van der Waals surface area contributed by atoms with E-state index in [1.54, 1.807) is 6.20 Å². The number of hydrogen-bond acceptors (Lipinski definition) is 3.